The summed E-state index contributed by atoms with van der Waals surface area (Å²) in [6, 6.07) is 10.7. The molecule has 1 heterocycles. The first kappa shape index (κ1) is 14.5. The molecule has 2 rings (SSSR count). The van der Waals surface area contributed by atoms with Crippen molar-refractivity contribution in [3.63, 3.8) is 0 Å². The molecule has 0 saturated carbocycles. The Morgan fingerprint density at radius 1 is 1.37 bits per heavy atom. The average molecular weight is 262 g/mol. The Hall–Kier alpha value is -0.900. The summed E-state index contributed by atoms with van der Waals surface area (Å²) in [6.45, 7) is 6.73. The van der Waals surface area contributed by atoms with E-state index in [1.165, 1.54) is 12.0 Å². The molecule has 3 N–H and O–H groups in total. The summed E-state index contributed by atoms with van der Waals surface area (Å²) in [6.07, 6.45) is 1.18. The van der Waals surface area contributed by atoms with E-state index in [2.05, 4.69) is 30.9 Å². The first-order chi connectivity index (χ1) is 9.13. The molecule has 4 unspecified atom stereocenters. The van der Waals surface area contributed by atoms with Gasteiger partial charge in [0.05, 0.1) is 6.61 Å². The zero-order valence-corrected chi connectivity index (χ0v) is 12.0. The van der Waals surface area contributed by atoms with Gasteiger partial charge < -0.3 is 10.8 Å². The Kier molecular flexibility index (Phi) is 4.97. The molecular formula is C16H26N2O. The van der Waals surface area contributed by atoms with E-state index in [0.717, 1.165) is 13.1 Å². The summed E-state index contributed by atoms with van der Waals surface area (Å²) >= 11 is 0. The molecule has 3 nitrogen and oxygen atoms in total. The molecule has 0 aliphatic carbocycles. The van der Waals surface area contributed by atoms with Crippen molar-refractivity contribution in [3.8, 4) is 0 Å². The molecule has 1 aromatic rings. The Balaban J connectivity index is 1.95. The number of aliphatic hydroxyl groups is 1. The first-order valence-electron chi connectivity index (χ1n) is 7.29. The molecule has 1 aliphatic rings. The Morgan fingerprint density at radius 2 is 2.05 bits per heavy atom. The predicted octanol–water partition coefficient (Wildman–Crippen LogP) is 2.03. The van der Waals surface area contributed by atoms with Crippen LogP contribution in [0.15, 0.2) is 30.3 Å². The summed E-state index contributed by atoms with van der Waals surface area (Å²) in [5.74, 6) is 0.979. The van der Waals surface area contributed by atoms with E-state index in [9.17, 15) is 5.11 Å². The second-order valence-corrected chi connectivity index (χ2v) is 5.92. The van der Waals surface area contributed by atoms with Gasteiger partial charge in [-0.25, -0.2) is 0 Å². The molecule has 0 bridgehead atoms. The maximum absolute atomic E-state index is 9.50. The van der Waals surface area contributed by atoms with E-state index < -0.39 is 0 Å². The van der Waals surface area contributed by atoms with E-state index in [1.54, 1.807) is 0 Å². The highest BCUT2D eigenvalue weighted by molar-refractivity contribution is 5.19. The van der Waals surface area contributed by atoms with Crippen LogP contribution in [0.5, 0.6) is 0 Å². The Labute approximate surface area is 116 Å². The van der Waals surface area contributed by atoms with Gasteiger partial charge in [0.2, 0.25) is 0 Å². The molecular weight excluding hydrogens is 236 g/mol. The van der Waals surface area contributed by atoms with Crippen molar-refractivity contribution in [2.24, 2.45) is 17.6 Å². The smallest absolute Gasteiger partial charge is 0.0589 e. The molecule has 0 aromatic heterocycles. The molecule has 1 fully saturated rings. The van der Waals surface area contributed by atoms with E-state index in [0.29, 0.717) is 17.9 Å². The monoisotopic (exact) mass is 262 g/mol. The number of hydrogen-bond donors (Lipinski definition) is 2. The summed E-state index contributed by atoms with van der Waals surface area (Å²) in [5.41, 5.74) is 7.55. The van der Waals surface area contributed by atoms with Crippen LogP contribution >= 0.6 is 0 Å². The molecule has 1 aromatic carbocycles. The number of likely N-dealkylation sites (tertiary alicyclic amines) is 1. The summed E-state index contributed by atoms with van der Waals surface area (Å²) in [7, 11) is 0. The highest BCUT2D eigenvalue weighted by Gasteiger charge is 2.32. The average Bonchev–Trinajstić information content (AvgIpc) is 2.79. The third kappa shape index (κ3) is 3.35. The standard InChI is InChI=1S/C16H26N2O/c1-12-8-9-18(15(12)11-19)10-13(2)16(17)14-6-4-3-5-7-14/h3-7,12-13,15-16,19H,8-11,17H2,1-2H3. The minimum atomic E-state index is 0.0662. The minimum absolute atomic E-state index is 0.0662. The van der Waals surface area contributed by atoms with Crippen LogP contribution < -0.4 is 5.73 Å². The van der Waals surface area contributed by atoms with E-state index in [1.807, 2.05) is 18.2 Å². The van der Waals surface area contributed by atoms with E-state index in [-0.39, 0.29) is 12.6 Å². The lowest BCUT2D eigenvalue weighted by Crippen LogP contribution is -2.40. The third-order valence-corrected chi connectivity index (χ3v) is 4.50. The number of nitrogens with two attached hydrogens (primary N) is 1. The largest absolute Gasteiger partial charge is 0.395 e. The maximum atomic E-state index is 9.50. The van der Waals surface area contributed by atoms with Crippen LogP contribution in [-0.2, 0) is 0 Å². The third-order valence-electron chi connectivity index (χ3n) is 4.50. The molecule has 3 heteroatoms. The van der Waals surface area contributed by atoms with Crippen molar-refractivity contribution in [2.45, 2.75) is 32.4 Å². The zero-order valence-electron chi connectivity index (χ0n) is 12.0. The Bertz CT molecular complexity index is 382. The van der Waals surface area contributed by atoms with Gasteiger partial charge in [-0.3, -0.25) is 4.90 Å². The normalized spacial score (nSPS) is 27.4. The minimum Gasteiger partial charge on any atom is -0.395 e. The van der Waals surface area contributed by atoms with Crippen molar-refractivity contribution < 1.29 is 5.11 Å². The quantitative estimate of drug-likeness (QED) is 0.853. The molecule has 1 saturated heterocycles. The first-order valence-corrected chi connectivity index (χ1v) is 7.29. The lowest BCUT2D eigenvalue weighted by molar-refractivity contribution is 0.122. The second-order valence-electron chi connectivity index (χ2n) is 5.92. The van der Waals surface area contributed by atoms with Crippen molar-refractivity contribution in [1.82, 2.24) is 4.90 Å². The predicted molar refractivity (Wildman–Crippen MR) is 78.8 cm³/mol. The number of aliphatic hydroxyl groups excluding tert-OH is 1. The summed E-state index contributed by atoms with van der Waals surface area (Å²) in [5, 5.41) is 9.50. The molecule has 4 atom stereocenters. The molecule has 0 radical (unpaired) electrons. The highest BCUT2D eigenvalue weighted by atomic mass is 16.3. The van der Waals surface area contributed by atoms with Crippen molar-refractivity contribution in [3.05, 3.63) is 35.9 Å². The molecule has 1 aliphatic heterocycles. The van der Waals surface area contributed by atoms with Crippen molar-refractivity contribution in [1.29, 1.82) is 0 Å². The summed E-state index contributed by atoms with van der Waals surface area (Å²) < 4.78 is 0. The van der Waals surface area contributed by atoms with Gasteiger partial charge in [-0.2, -0.15) is 0 Å². The second kappa shape index (κ2) is 6.51. The molecule has 19 heavy (non-hydrogen) atoms. The lowest BCUT2D eigenvalue weighted by atomic mass is 9.94. The van der Waals surface area contributed by atoms with Gasteiger partial charge in [-0.05, 0) is 30.4 Å². The van der Waals surface area contributed by atoms with Gasteiger partial charge in [-0.1, -0.05) is 44.2 Å². The van der Waals surface area contributed by atoms with Gasteiger partial charge in [0, 0.05) is 18.6 Å². The van der Waals surface area contributed by atoms with Gasteiger partial charge in [0.25, 0.3) is 0 Å². The molecule has 0 amide bonds. The van der Waals surface area contributed by atoms with Gasteiger partial charge in [0.1, 0.15) is 0 Å². The highest BCUT2D eigenvalue weighted by Crippen LogP contribution is 2.27. The van der Waals surface area contributed by atoms with Gasteiger partial charge in [0.15, 0.2) is 0 Å². The van der Waals surface area contributed by atoms with Crippen LogP contribution in [0.3, 0.4) is 0 Å². The summed E-state index contributed by atoms with van der Waals surface area (Å²) in [4.78, 5) is 2.40. The fourth-order valence-corrected chi connectivity index (χ4v) is 3.10. The lowest BCUT2D eigenvalue weighted by Gasteiger charge is -2.30. The zero-order chi connectivity index (χ0) is 13.8. The number of benzene rings is 1. The van der Waals surface area contributed by atoms with Crippen LogP contribution in [0.25, 0.3) is 0 Å². The van der Waals surface area contributed by atoms with Gasteiger partial charge >= 0.3 is 0 Å². The van der Waals surface area contributed by atoms with E-state index in [4.69, 9.17) is 5.73 Å². The van der Waals surface area contributed by atoms with Crippen LogP contribution in [-0.4, -0.2) is 35.7 Å². The SMILES string of the molecule is CC(CN1CCC(C)C1CO)C(N)c1ccccc1. The number of rotatable bonds is 5. The fraction of sp³-hybridized carbons (Fsp3) is 0.625. The molecule has 106 valence electrons. The van der Waals surface area contributed by atoms with Crippen molar-refractivity contribution in [2.75, 3.05) is 19.7 Å². The molecule has 0 spiro atoms. The van der Waals surface area contributed by atoms with Gasteiger partial charge in [-0.15, -0.1) is 0 Å². The van der Waals surface area contributed by atoms with Crippen LogP contribution in [0, 0.1) is 11.8 Å². The van der Waals surface area contributed by atoms with Crippen LogP contribution in [0.1, 0.15) is 31.9 Å². The topological polar surface area (TPSA) is 49.5 Å². The van der Waals surface area contributed by atoms with Crippen molar-refractivity contribution >= 4 is 0 Å². The Morgan fingerprint density at radius 3 is 2.68 bits per heavy atom. The maximum Gasteiger partial charge on any atom is 0.0589 e. The van der Waals surface area contributed by atoms with E-state index >= 15 is 0 Å². The van der Waals surface area contributed by atoms with Crippen LogP contribution in [0.4, 0.5) is 0 Å². The number of hydrogen-bond acceptors (Lipinski definition) is 3. The fourth-order valence-electron chi connectivity index (χ4n) is 3.10. The van der Waals surface area contributed by atoms with Crippen LogP contribution in [0.2, 0.25) is 0 Å². The number of nitrogens with zero attached hydrogens (tertiary/aromatic N) is 1.